The average molecular weight is 713 g/mol. The monoisotopic (exact) mass is 712 g/mol. The van der Waals surface area contributed by atoms with E-state index in [2.05, 4.69) is 21.3 Å². The summed E-state index contributed by atoms with van der Waals surface area (Å²) in [5.41, 5.74) is -1.21. The van der Waals surface area contributed by atoms with Crippen molar-refractivity contribution in [1.82, 2.24) is 31.1 Å². The number of hydrogen-bond donors (Lipinski definition) is 4. The maximum absolute atomic E-state index is 14.1. The van der Waals surface area contributed by atoms with Gasteiger partial charge < -0.3 is 35.8 Å². The molecule has 14 nitrogen and oxygen atoms in total. The Bertz CT molecular complexity index is 1500. The van der Waals surface area contributed by atoms with Crippen molar-refractivity contribution < 1.29 is 38.3 Å². The minimum atomic E-state index is -1.21. The summed E-state index contributed by atoms with van der Waals surface area (Å²) in [6.45, 7) is 16.1. The first-order chi connectivity index (χ1) is 23.5. The molecule has 2 aliphatic rings. The van der Waals surface area contributed by atoms with E-state index in [-0.39, 0.29) is 29.6 Å². The lowest BCUT2D eigenvalue weighted by molar-refractivity contribution is -0.145. The molecule has 1 aliphatic carbocycles. The number of rotatable bonds is 13. The highest BCUT2D eigenvalue weighted by molar-refractivity contribution is 6.38. The number of piperidine rings is 1. The van der Waals surface area contributed by atoms with Crippen molar-refractivity contribution in [2.45, 2.75) is 105 Å². The van der Waals surface area contributed by atoms with Crippen LogP contribution in [0.3, 0.4) is 0 Å². The number of hydrogen-bond acceptors (Lipinski definition) is 8. The van der Waals surface area contributed by atoms with Crippen LogP contribution in [0.5, 0.6) is 0 Å². The van der Waals surface area contributed by atoms with Gasteiger partial charge in [-0.1, -0.05) is 78.3 Å². The van der Waals surface area contributed by atoms with Crippen LogP contribution < -0.4 is 21.3 Å². The van der Waals surface area contributed by atoms with E-state index < -0.39 is 77.2 Å². The predicted octanol–water partition coefficient (Wildman–Crippen LogP) is 2.32. The molecule has 1 saturated carbocycles. The maximum Gasteiger partial charge on any atom is 0.408 e. The molecule has 282 valence electrons. The van der Waals surface area contributed by atoms with Crippen molar-refractivity contribution in [2.75, 3.05) is 27.2 Å². The fourth-order valence-electron chi connectivity index (χ4n) is 6.68. The lowest BCUT2D eigenvalue weighted by Crippen LogP contribution is -2.60. The molecule has 6 atom stereocenters. The molecule has 4 N–H and O–H groups in total. The molecule has 0 radical (unpaired) electrons. The zero-order valence-electron chi connectivity index (χ0n) is 31.8. The standard InChI is InChI=1S/C37H56N6O8/c1-12-16-23(28(45)31(47)38-19-24(44)40-26(32(48)42(10)11)21-17-14-13-15-18-21)39-30(46)27-25-22(37(25,8)9)20-43(27)33(49)29(35(2,3)4)41-34(50)51-36(5,6)7/h13-15,17-18,22-23,25-27,29H,12,16,19-20H2,1-11H3,(H,38,47)(H,39,46)(H,40,44)(H,41,50)/t22?,23?,25?,26-,27?,29+/m0/s1. The van der Waals surface area contributed by atoms with Gasteiger partial charge in [-0.2, -0.15) is 0 Å². The second-order valence-electron chi connectivity index (χ2n) is 16.4. The fourth-order valence-corrected chi connectivity index (χ4v) is 6.68. The molecular formula is C37H56N6O8. The highest BCUT2D eigenvalue weighted by Crippen LogP contribution is 2.65. The number of fused-ring (bicyclic) bond motifs is 1. The number of likely N-dealkylation sites (N-methyl/N-ethyl adjacent to an activating group) is 1. The van der Waals surface area contributed by atoms with Crippen LogP contribution in [0.1, 0.15) is 86.8 Å². The first-order valence-corrected chi connectivity index (χ1v) is 17.5. The molecule has 14 heteroatoms. The zero-order valence-corrected chi connectivity index (χ0v) is 31.8. The number of nitrogens with one attached hydrogen (secondary N) is 4. The van der Waals surface area contributed by atoms with Crippen LogP contribution in [-0.2, 0) is 33.5 Å². The Morgan fingerprint density at radius 3 is 2.08 bits per heavy atom. The zero-order chi connectivity index (χ0) is 38.6. The van der Waals surface area contributed by atoms with Gasteiger partial charge in [0.2, 0.25) is 29.4 Å². The molecule has 3 rings (SSSR count). The number of alkyl carbamates (subject to hydrolysis) is 1. The first kappa shape index (κ1) is 40.9. The van der Waals surface area contributed by atoms with Gasteiger partial charge >= 0.3 is 6.09 Å². The number of amides is 6. The van der Waals surface area contributed by atoms with Crippen LogP contribution in [0.15, 0.2) is 30.3 Å². The Balaban J connectivity index is 1.73. The fraction of sp³-hybridized carbons (Fsp3) is 0.649. The van der Waals surface area contributed by atoms with Crippen LogP contribution in [0.4, 0.5) is 4.79 Å². The highest BCUT2D eigenvalue weighted by atomic mass is 16.6. The van der Waals surface area contributed by atoms with Gasteiger partial charge in [-0.25, -0.2) is 4.79 Å². The number of Topliss-reactive ketones (excluding diaryl/α,β-unsaturated/α-hetero) is 1. The Hall–Kier alpha value is -4.49. The molecule has 0 aromatic heterocycles. The van der Waals surface area contributed by atoms with Gasteiger partial charge in [0.25, 0.3) is 5.91 Å². The Morgan fingerprint density at radius 1 is 0.941 bits per heavy atom. The molecule has 1 aliphatic heterocycles. The van der Waals surface area contributed by atoms with E-state index >= 15 is 0 Å². The number of ether oxygens (including phenoxy) is 1. The van der Waals surface area contributed by atoms with E-state index in [1.165, 1.54) is 9.80 Å². The van der Waals surface area contributed by atoms with Crippen LogP contribution in [0.2, 0.25) is 0 Å². The van der Waals surface area contributed by atoms with Gasteiger partial charge in [0.05, 0.1) is 12.6 Å². The molecular weight excluding hydrogens is 656 g/mol. The maximum atomic E-state index is 14.1. The SMILES string of the molecule is CCCC(NC(=O)C1C2C(CN1C(=O)[C@@H](NC(=O)OC(C)(C)C)C(C)(C)C)C2(C)C)C(=O)C(=O)NCC(=O)N[C@H](C(=O)N(C)C)c1ccccc1. The smallest absolute Gasteiger partial charge is 0.408 e. The number of carbonyl (C=O) groups is 7. The Kier molecular flexibility index (Phi) is 12.7. The minimum Gasteiger partial charge on any atom is -0.444 e. The summed E-state index contributed by atoms with van der Waals surface area (Å²) in [5.74, 6) is -4.26. The van der Waals surface area contributed by atoms with Crippen LogP contribution in [0.25, 0.3) is 0 Å². The van der Waals surface area contributed by atoms with Crippen molar-refractivity contribution in [2.24, 2.45) is 22.7 Å². The van der Waals surface area contributed by atoms with E-state index in [1.807, 2.05) is 13.8 Å². The number of likely N-dealkylation sites (tertiary alicyclic amines) is 1. The summed E-state index contributed by atoms with van der Waals surface area (Å²) >= 11 is 0. The Morgan fingerprint density at radius 2 is 1.55 bits per heavy atom. The van der Waals surface area contributed by atoms with Crippen molar-refractivity contribution >= 4 is 41.4 Å². The molecule has 0 bridgehead atoms. The van der Waals surface area contributed by atoms with E-state index in [0.29, 0.717) is 18.5 Å². The van der Waals surface area contributed by atoms with Gasteiger partial charge in [-0.15, -0.1) is 0 Å². The highest BCUT2D eigenvalue weighted by Gasteiger charge is 2.70. The van der Waals surface area contributed by atoms with Gasteiger partial charge in [0.15, 0.2) is 0 Å². The van der Waals surface area contributed by atoms with Crippen LogP contribution in [-0.4, -0.2) is 102 Å². The third-order valence-corrected chi connectivity index (χ3v) is 9.50. The number of ketones is 1. The lowest BCUT2D eigenvalue weighted by atomic mass is 9.85. The lowest BCUT2D eigenvalue weighted by Gasteiger charge is -2.38. The third kappa shape index (κ3) is 10.1. The molecule has 1 saturated heterocycles. The van der Waals surface area contributed by atoms with Gasteiger partial charge in [0, 0.05) is 20.6 Å². The summed E-state index contributed by atoms with van der Waals surface area (Å²) in [7, 11) is 3.12. The second-order valence-corrected chi connectivity index (χ2v) is 16.4. The molecule has 4 unspecified atom stereocenters. The Labute approximate surface area is 301 Å². The van der Waals surface area contributed by atoms with Crippen molar-refractivity contribution in [3.8, 4) is 0 Å². The number of nitrogens with zero attached hydrogens (tertiary/aromatic N) is 2. The van der Waals surface area contributed by atoms with Crippen LogP contribution in [0, 0.1) is 22.7 Å². The first-order valence-electron chi connectivity index (χ1n) is 17.5. The molecule has 6 amide bonds. The molecule has 1 aromatic carbocycles. The van der Waals surface area contributed by atoms with E-state index in [0.717, 1.165) is 0 Å². The predicted molar refractivity (Wildman–Crippen MR) is 190 cm³/mol. The largest absolute Gasteiger partial charge is 0.444 e. The van der Waals surface area contributed by atoms with Crippen LogP contribution >= 0.6 is 0 Å². The van der Waals surface area contributed by atoms with E-state index in [1.54, 1.807) is 92.9 Å². The normalized spacial score (nSPS) is 20.8. The van der Waals surface area contributed by atoms with E-state index in [4.69, 9.17) is 4.74 Å². The van der Waals surface area contributed by atoms with Gasteiger partial charge in [-0.3, -0.25) is 28.8 Å². The number of benzene rings is 1. The van der Waals surface area contributed by atoms with Gasteiger partial charge in [-0.05, 0) is 55.4 Å². The summed E-state index contributed by atoms with van der Waals surface area (Å²) in [4.78, 5) is 95.7. The third-order valence-electron chi connectivity index (χ3n) is 9.50. The van der Waals surface area contributed by atoms with E-state index in [9.17, 15) is 33.6 Å². The quantitative estimate of drug-likeness (QED) is 0.225. The number of carbonyl (C=O) groups excluding carboxylic acids is 7. The molecule has 1 aromatic rings. The summed E-state index contributed by atoms with van der Waals surface area (Å²) < 4.78 is 5.42. The molecule has 0 spiro atoms. The van der Waals surface area contributed by atoms with Crippen molar-refractivity contribution in [1.29, 1.82) is 0 Å². The topological polar surface area (TPSA) is 183 Å². The molecule has 2 fully saturated rings. The van der Waals surface area contributed by atoms with Gasteiger partial charge in [0.1, 0.15) is 23.7 Å². The molecule has 1 heterocycles. The molecule has 51 heavy (non-hydrogen) atoms. The summed E-state index contributed by atoms with van der Waals surface area (Å²) in [6.07, 6.45) is -0.164. The van der Waals surface area contributed by atoms with Crippen molar-refractivity contribution in [3.63, 3.8) is 0 Å². The average Bonchev–Trinajstić information content (AvgIpc) is 3.33. The minimum absolute atomic E-state index is 0.0283. The van der Waals surface area contributed by atoms with Crippen molar-refractivity contribution in [3.05, 3.63) is 35.9 Å². The second kappa shape index (κ2) is 15.8. The summed E-state index contributed by atoms with van der Waals surface area (Å²) in [5, 5.41) is 10.4. The summed E-state index contributed by atoms with van der Waals surface area (Å²) in [6, 6.07) is 4.46.